The minimum atomic E-state index is -0.248. The zero-order valence-corrected chi connectivity index (χ0v) is 15.6. The van der Waals surface area contributed by atoms with Crippen LogP contribution in [0.1, 0.15) is 97.3 Å². The molecule has 0 radical (unpaired) electrons. The van der Waals surface area contributed by atoms with Crippen molar-refractivity contribution < 1.29 is 4.79 Å². The standard InChI is InChI=1S/C20H40N2O/c1-3-5-7-9-11-13-15-17-19(22-18-20(21)23)16-14-12-10-8-6-4-2/h4,6,19,22H,3,5,7-18H2,1-2H3,(H2,21,23)/b6-4+. The van der Waals surface area contributed by atoms with Gasteiger partial charge in [-0.05, 0) is 32.6 Å². The number of carbonyl (C=O) groups is 1. The number of amides is 1. The first-order chi connectivity index (χ1) is 11.2. The number of allylic oxidation sites excluding steroid dienone is 2. The molecule has 0 saturated carbocycles. The summed E-state index contributed by atoms with van der Waals surface area (Å²) < 4.78 is 0. The summed E-state index contributed by atoms with van der Waals surface area (Å²) in [5.41, 5.74) is 5.26. The average Bonchev–Trinajstić information content (AvgIpc) is 2.53. The number of rotatable bonds is 17. The van der Waals surface area contributed by atoms with Gasteiger partial charge in [-0.2, -0.15) is 0 Å². The molecule has 0 aliphatic rings. The zero-order chi connectivity index (χ0) is 17.2. The molecule has 1 atom stereocenters. The van der Waals surface area contributed by atoms with Crippen LogP contribution in [0.5, 0.6) is 0 Å². The van der Waals surface area contributed by atoms with E-state index in [1.54, 1.807) is 0 Å². The lowest BCUT2D eigenvalue weighted by atomic mass is 10.00. The van der Waals surface area contributed by atoms with E-state index in [2.05, 4.69) is 31.3 Å². The third-order valence-electron chi connectivity index (χ3n) is 4.38. The number of hydrogen-bond acceptors (Lipinski definition) is 2. The van der Waals surface area contributed by atoms with Gasteiger partial charge in [-0.25, -0.2) is 0 Å². The number of carbonyl (C=O) groups excluding carboxylic acids is 1. The molecule has 3 N–H and O–H groups in total. The van der Waals surface area contributed by atoms with E-state index in [9.17, 15) is 4.79 Å². The Balaban J connectivity index is 3.75. The summed E-state index contributed by atoms with van der Waals surface area (Å²) in [6.45, 7) is 4.65. The lowest BCUT2D eigenvalue weighted by Crippen LogP contribution is -2.36. The Labute approximate surface area is 144 Å². The van der Waals surface area contributed by atoms with Gasteiger partial charge in [0, 0.05) is 6.04 Å². The van der Waals surface area contributed by atoms with Gasteiger partial charge in [0.1, 0.15) is 0 Å². The zero-order valence-electron chi connectivity index (χ0n) is 15.6. The van der Waals surface area contributed by atoms with E-state index in [0.29, 0.717) is 12.6 Å². The molecule has 0 aromatic carbocycles. The van der Waals surface area contributed by atoms with E-state index in [0.717, 1.165) is 0 Å². The van der Waals surface area contributed by atoms with E-state index < -0.39 is 0 Å². The number of hydrogen-bond donors (Lipinski definition) is 2. The predicted molar refractivity (Wildman–Crippen MR) is 101 cm³/mol. The van der Waals surface area contributed by atoms with Gasteiger partial charge in [0.15, 0.2) is 0 Å². The molecule has 0 fully saturated rings. The van der Waals surface area contributed by atoms with Crippen molar-refractivity contribution in [2.24, 2.45) is 5.73 Å². The normalized spacial score (nSPS) is 12.8. The van der Waals surface area contributed by atoms with Gasteiger partial charge < -0.3 is 11.1 Å². The van der Waals surface area contributed by atoms with Crippen LogP contribution < -0.4 is 11.1 Å². The lowest BCUT2D eigenvalue weighted by molar-refractivity contribution is -0.117. The van der Waals surface area contributed by atoms with Crippen LogP contribution in [0.4, 0.5) is 0 Å². The van der Waals surface area contributed by atoms with Crippen LogP contribution in [-0.2, 0) is 4.79 Å². The van der Waals surface area contributed by atoms with E-state index >= 15 is 0 Å². The molecule has 23 heavy (non-hydrogen) atoms. The summed E-state index contributed by atoms with van der Waals surface area (Å²) in [6, 6.07) is 0.458. The molecule has 3 heteroatoms. The summed E-state index contributed by atoms with van der Waals surface area (Å²) in [7, 11) is 0. The first-order valence-electron chi connectivity index (χ1n) is 9.83. The van der Waals surface area contributed by atoms with Crippen molar-refractivity contribution in [2.45, 2.75) is 103 Å². The molecule has 1 unspecified atom stereocenters. The third kappa shape index (κ3) is 17.4. The molecule has 3 nitrogen and oxygen atoms in total. The summed E-state index contributed by atoms with van der Waals surface area (Å²) >= 11 is 0. The van der Waals surface area contributed by atoms with Crippen molar-refractivity contribution in [3.05, 3.63) is 12.2 Å². The maximum absolute atomic E-state index is 11.0. The molecule has 136 valence electrons. The largest absolute Gasteiger partial charge is 0.369 e. The molecule has 0 aromatic heterocycles. The molecule has 0 heterocycles. The highest BCUT2D eigenvalue weighted by Gasteiger charge is 2.08. The predicted octanol–water partition coefficient (Wildman–Crippen LogP) is 5.10. The smallest absolute Gasteiger partial charge is 0.231 e. The van der Waals surface area contributed by atoms with Crippen LogP contribution in [0.3, 0.4) is 0 Å². The highest BCUT2D eigenvalue weighted by molar-refractivity contribution is 5.75. The molecule has 0 aliphatic heterocycles. The molecule has 0 aromatic rings. The Bertz CT molecular complexity index is 289. The molecular formula is C20H40N2O. The van der Waals surface area contributed by atoms with Crippen molar-refractivity contribution in [3.8, 4) is 0 Å². The molecule has 0 aliphatic carbocycles. The summed E-state index contributed by atoms with van der Waals surface area (Å²) in [4.78, 5) is 11.0. The third-order valence-corrected chi connectivity index (χ3v) is 4.38. The maximum atomic E-state index is 11.0. The Morgan fingerprint density at radius 3 is 2.09 bits per heavy atom. The highest BCUT2D eigenvalue weighted by Crippen LogP contribution is 2.14. The van der Waals surface area contributed by atoms with Crippen LogP contribution in [0.25, 0.3) is 0 Å². The second-order valence-corrected chi connectivity index (χ2v) is 6.66. The second-order valence-electron chi connectivity index (χ2n) is 6.66. The van der Waals surface area contributed by atoms with Crippen LogP contribution in [0.2, 0.25) is 0 Å². The van der Waals surface area contributed by atoms with Crippen molar-refractivity contribution in [3.63, 3.8) is 0 Å². The van der Waals surface area contributed by atoms with E-state index in [1.807, 2.05) is 0 Å². The number of primary amides is 1. The fourth-order valence-electron chi connectivity index (χ4n) is 2.94. The van der Waals surface area contributed by atoms with E-state index in [1.165, 1.54) is 83.5 Å². The van der Waals surface area contributed by atoms with Crippen LogP contribution in [0.15, 0.2) is 12.2 Å². The minimum absolute atomic E-state index is 0.248. The van der Waals surface area contributed by atoms with Crippen molar-refractivity contribution in [1.29, 1.82) is 0 Å². The van der Waals surface area contributed by atoms with Crippen molar-refractivity contribution in [1.82, 2.24) is 5.32 Å². The average molecular weight is 325 g/mol. The van der Waals surface area contributed by atoms with Gasteiger partial charge in [-0.1, -0.05) is 76.9 Å². The first kappa shape index (κ1) is 22.2. The number of nitrogens with two attached hydrogens (primary N) is 1. The lowest BCUT2D eigenvalue weighted by Gasteiger charge is -2.18. The second kappa shape index (κ2) is 17.5. The minimum Gasteiger partial charge on any atom is -0.369 e. The van der Waals surface area contributed by atoms with Crippen LogP contribution in [0, 0.1) is 0 Å². The van der Waals surface area contributed by atoms with Gasteiger partial charge in [-0.15, -0.1) is 0 Å². The molecule has 0 bridgehead atoms. The van der Waals surface area contributed by atoms with Crippen molar-refractivity contribution >= 4 is 5.91 Å². The first-order valence-corrected chi connectivity index (χ1v) is 9.83. The van der Waals surface area contributed by atoms with Gasteiger partial charge in [-0.3, -0.25) is 4.79 Å². The van der Waals surface area contributed by atoms with Crippen LogP contribution >= 0.6 is 0 Å². The van der Waals surface area contributed by atoms with E-state index in [4.69, 9.17) is 5.73 Å². The summed E-state index contributed by atoms with van der Waals surface area (Å²) in [5.74, 6) is -0.248. The maximum Gasteiger partial charge on any atom is 0.231 e. The summed E-state index contributed by atoms with van der Waals surface area (Å²) in [5, 5.41) is 3.34. The van der Waals surface area contributed by atoms with Gasteiger partial charge in [0.05, 0.1) is 6.54 Å². The van der Waals surface area contributed by atoms with Gasteiger partial charge in [0.2, 0.25) is 5.91 Å². The number of nitrogens with one attached hydrogen (secondary N) is 1. The quantitative estimate of drug-likeness (QED) is 0.289. The number of unbranched alkanes of at least 4 members (excludes halogenated alkanes) is 9. The Morgan fingerprint density at radius 2 is 1.52 bits per heavy atom. The fourth-order valence-corrected chi connectivity index (χ4v) is 2.94. The monoisotopic (exact) mass is 324 g/mol. The highest BCUT2D eigenvalue weighted by atomic mass is 16.1. The van der Waals surface area contributed by atoms with Gasteiger partial charge in [0.25, 0.3) is 0 Å². The Hall–Kier alpha value is -0.830. The van der Waals surface area contributed by atoms with Crippen molar-refractivity contribution in [2.75, 3.05) is 6.54 Å². The van der Waals surface area contributed by atoms with Crippen LogP contribution in [-0.4, -0.2) is 18.5 Å². The summed E-state index contributed by atoms with van der Waals surface area (Å²) in [6.07, 6.45) is 21.0. The Morgan fingerprint density at radius 1 is 0.957 bits per heavy atom. The molecular weight excluding hydrogens is 284 g/mol. The SMILES string of the molecule is C/C=C/CCCCCC(CCCCCCCCC)NCC(N)=O. The fraction of sp³-hybridized carbons (Fsp3) is 0.850. The van der Waals surface area contributed by atoms with E-state index in [-0.39, 0.29) is 5.91 Å². The molecule has 0 saturated heterocycles. The molecule has 0 spiro atoms. The molecule has 0 rings (SSSR count). The van der Waals surface area contributed by atoms with Gasteiger partial charge >= 0.3 is 0 Å². The molecule has 1 amide bonds. The Kier molecular flexibility index (Phi) is 16.9. The topological polar surface area (TPSA) is 55.1 Å².